The SMILES string of the molecule is CC(=O)[C@@H](C(C)C)[C@H](NC(=O)OC(C)(C)C)c1ccccc1. The molecule has 0 aliphatic carbocycles. The highest BCUT2D eigenvalue weighted by Gasteiger charge is 2.32. The molecular formula is C18H27NO3. The molecule has 1 aromatic carbocycles. The Morgan fingerprint density at radius 2 is 1.64 bits per heavy atom. The van der Waals surface area contributed by atoms with Crippen LogP contribution < -0.4 is 5.32 Å². The third-order valence-electron chi connectivity index (χ3n) is 3.38. The van der Waals surface area contributed by atoms with Gasteiger partial charge in [-0.25, -0.2) is 4.79 Å². The van der Waals surface area contributed by atoms with Crippen molar-refractivity contribution in [2.45, 2.75) is 53.2 Å². The van der Waals surface area contributed by atoms with Crippen molar-refractivity contribution in [3.63, 3.8) is 0 Å². The van der Waals surface area contributed by atoms with Crippen LogP contribution in [0.1, 0.15) is 53.1 Å². The van der Waals surface area contributed by atoms with Crippen LogP contribution in [0.4, 0.5) is 4.79 Å². The minimum atomic E-state index is -0.575. The largest absolute Gasteiger partial charge is 0.444 e. The summed E-state index contributed by atoms with van der Waals surface area (Å²) < 4.78 is 5.34. The van der Waals surface area contributed by atoms with Crippen LogP contribution in [-0.4, -0.2) is 17.5 Å². The summed E-state index contributed by atoms with van der Waals surface area (Å²) >= 11 is 0. The number of rotatable bonds is 5. The number of benzene rings is 1. The summed E-state index contributed by atoms with van der Waals surface area (Å²) in [4.78, 5) is 24.2. The monoisotopic (exact) mass is 305 g/mol. The van der Waals surface area contributed by atoms with Gasteiger partial charge in [-0.15, -0.1) is 0 Å². The molecule has 0 saturated heterocycles. The minimum absolute atomic E-state index is 0.0555. The van der Waals surface area contributed by atoms with Gasteiger partial charge in [0, 0.05) is 5.92 Å². The first-order chi connectivity index (χ1) is 10.1. The third kappa shape index (κ3) is 5.51. The Labute approximate surface area is 133 Å². The van der Waals surface area contributed by atoms with Gasteiger partial charge in [0.1, 0.15) is 11.4 Å². The molecule has 0 fully saturated rings. The van der Waals surface area contributed by atoms with Crippen LogP contribution in [0, 0.1) is 11.8 Å². The molecule has 0 aliphatic rings. The number of alkyl carbamates (subject to hydrolysis) is 1. The second-order valence-electron chi connectivity index (χ2n) is 6.92. The lowest BCUT2D eigenvalue weighted by molar-refractivity contribution is -0.123. The standard InChI is InChI=1S/C18H27NO3/c1-12(2)15(13(3)20)16(14-10-8-7-9-11-14)19-17(21)22-18(4,5)6/h7-12,15-16H,1-6H3,(H,19,21)/t15-,16-/m1/s1. The lowest BCUT2D eigenvalue weighted by Gasteiger charge is -2.30. The molecule has 0 bridgehead atoms. The fourth-order valence-corrected chi connectivity index (χ4v) is 2.56. The number of hydrogen-bond donors (Lipinski definition) is 1. The van der Waals surface area contributed by atoms with Gasteiger partial charge in [0.15, 0.2) is 0 Å². The van der Waals surface area contributed by atoms with E-state index in [1.165, 1.54) is 0 Å². The third-order valence-corrected chi connectivity index (χ3v) is 3.38. The van der Waals surface area contributed by atoms with Crippen LogP contribution >= 0.6 is 0 Å². The first-order valence-electron chi connectivity index (χ1n) is 7.66. The van der Waals surface area contributed by atoms with Crippen molar-refractivity contribution in [2.24, 2.45) is 11.8 Å². The Kier molecular flexibility index (Phi) is 6.15. The highest BCUT2D eigenvalue weighted by atomic mass is 16.6. The molecule has 22 heavy (non-hydrogen) atoms. The van der Waals surface area contributed by atoms with E-state index >= 15 is 0 Å². The van der Waals surface area contributed by atoms with Gasteiger partial charge < -0.3 is 10.1 Å². The summed E-state index contributed by atoms with van der Waals surface area (Å²) in [6.07, 6.45) is -0.506. The Hall–Kier alpha value is -1.84. The normalized spacial score (nSPS) is 14.3. The zero-order valence-corrected chi connectivity index (χ0v) is 14.3. The minimum Gasteiger partial charge on any atom is -0.444 e. The number of ether oxygens (including phenoxy) is 1. The number of carbonyl (C=O) groups is 2. The molecule has 1 N–H and O–H groups in total. The van der Waals surface area contributed by atoms with E-state index in [2.05, 4.69) is 5.32 Å². The summed E-state index contributed by atoms with van der Waals surface area (Å²) in [6, 6.07) is 9.15. The number of ketones is 1. The summed E-state index contributed by atoms with van der Waals surface area (Å²) in [5.41, 5.74) is 0.330. The maximum atomic E-state index is 12.1. The molecule has 0 saturated carbocycles. The van der Waals surface area contributed by atoms with Crippen LogP contribution in [0.15, 0.2) is 30.3 Å². The predicted octanol–water partition coefficient (Wildman–Crippen LogP) is 4.11. The van der Waals surface area contributed by atoms with Gasteiger partial charge >= 0.3 is 6.09 Å². The Balaban J connectivity index is 3.07. The molecule has 0 aromatic heterocycles. The molecule has 0 aliphatic heterocycles. The van der Waals surface area contributed by atoms with E-state index in [9.17, 15) is 9.59 Å². The van der Waals surface area contributed by atoms with Crippen molar-refractivity contribution < 1.29 is 14.3 Å². The first-order valence-corrected chi connectivity index (χ1v) is 7.66. The van der Waals surface area contributed by atoms with Crippen molar-refractivity contribution >= 4 is 11.9 Å². The van der Waals surface area contributed by atoms with Gasteiger partial charge in [-0.3, -0.25) is 4.79 Å². The smallest absolute Gasteiger partial charge is 0.408 e. The average molecular weight is 305 g/mol. The van der Waals surface area contributed by atoms with E-state index in [-0.39, 0.29) is 17.6 Å². The van der Waals surface area contributed by atoms with Gasteiger partial charge in [-0.05, 0) is 39.2 Å². The van der Waals surface area contributed by atoms with E-state index in [1.807, 2.05) is 65.0 Å². The van der Waals surface area contributed by atoms with E-state index in [0.29, 0.717) is 0 Å². The lowest BCUT2D eigenvalue weighted by Crippen LogP contribution is -2.41. The first kappa shape index (κ1) is 18.2. The number of Topliss-reactive ketones (excluding diaryl/α,β-unsaturated/α-hetero) is 1. The quantitative estimate of drug-likeness (QED) is 0.890. The Morgan fingerprint density at radius 3 is 2.05 bits per heavy atom. The summed E-state index contributed by atoms with van der Waals surface area (Å²) in [6.45, 7) is 11.0. The fraction of sp³-hybridized carbons (Fsp3) is 0.556. The molecule has 0 heterocycles. The molecule has 1 aromatic rings. The van der Waals surface area contributed by atoms with Crippen molar-refractivity contribution in [1.82, 2.24) is 5.32 Å². The Morgan fingerprint density at radius 1 is 1.09 bits per heavy atom. The zero-order valence-electron chi connectivity index (χ0n) is 14.3. The fourth-order valence-electron chi connectivity index (χ4n) is 2.56. The Bertz CT molecular complexity index is 503. The van der Waals surface area contributed by atoms with Crippen molar-refractivity contribution in [3.05, 3.63) is 35.9 Å². The number of hydrogen-bond acceptors (Lipinski definition) is 3. The lowest BCUT2D eigenvalue weighted by atomic mass is 9.82. The van der Waals surface area contributed by atoms with Crippen molar-refractivity contribution in [3.8, 4) is 0 Å². The second kappa shape index (κ2) is 7.43. The van der Waals surface area contributed by atoms with Crippen molar-refractivity contribution in [2.75, 3.05) is 0 Å². The van der Waals surface area contributed by atoms with Gasteiger partial charge in [0.05, 0.1) is 6.04 Å². The molecule has 4 nitrogen and oxygen atoms in total. The highest BCUT2D eigenvalue weighted by Crippen LogP contribution is 2.29. The number of amides is 1. The number of carbonyl (C=O) groups excluding carboxylic acids is 2. The maximum absolute atomic E-state index is 12.1. The average Bonchev–Trinajstić information content (AvgIpc) is 2.35. The van der Waals surface area contributed by atoms with Gasteiger partial charge in [0.2, 0.25) is 0 Å². The second-order valence-corrected chi connectivity index (χ2v) is 6.92. The van der Waals surface area contributed by atoms with Gasteiger partial charge in [0.25, 0.3) is 0 Å². The van der Waals surface area contributed by atoms with E-state index in [0.717, 1.165) is 5.56 Å². The molecule has 0 radical (unpaired) electrons. The molecule has 122 valence electrons. The van der Waals surface area contributed by atoms with E-state index in [4.69, 9.17) is 4.74 Å². The highest BCUT2D eigenvalue weighted by molar-refractivity contribution is 5.80. The maximum Gasteiger partial charge on any atom is 0.408 e. The topological polar surface area (TPSA) is 55.4 Å². The van der Waals surface area contributed by atoms with Crippen LogP contribution in [0.3, 0.4) is 0 Å². The van der Waals surface area contributed by atoms with E-state index in [1.54, 1.807) is 6.92 Å². The number of nitrogens with one attached hydrogen (secondary N) is 1. The molecule has 0 unspecified atom stereocenters. The van der Waals surface area contributed by atoms with Gasteiger partial charge in [-0.1, -0.05) is 44.2 Å². The van der Waals surface area contributed by atoms with Crippen LogP contribution in [0.5, 0.6) is 0 Å². The molecular weight excluding hydrogens is 278 g/mol. The zero-order chi connectivity index (χ0) is 16.9. The van der Waals surface area contributed by atoms with Crippen LogP contribution in [0.2, 0.25) is 0 Å². The van der Waals surface area contributed by atoms with E-state index < -0.39 is 17.7 Å². The van der Waals surface area contributed by atoms with Crippen molar-refractivity contribution in [1.29, 1.82) is 0 Å². The van der Waals surface area contributed by atoms with Crippen LogP contribution in [0.25, 0.3) is 0 Å². The molecule has 2 atom stereocenters. The summed E-state index contributed by atoms with van der Waals surface area (Å²) in [7, 11) is 0. The molecule has 1 amide bonds. The van der Waals surface area contributed by atoms with Gasteiger partial charge in [-0.2, -0.15) is 0 Å². The summed E-state index contributed by atoms with van der Waals surface area (Å²) in [5.74, 6) is -0.132. The molecule has 4 heteroatoms. The molecule has 1 rings (SSSR count). The predicted molar refractivity (Wildman–Crippen MR) is 87.6 cm³/mol. The molecule has 0 spiro atoms. The van der Waals surface area contributed by atoms with Crippen LogP contribution in [-0.2, 0) is 9.53 Å². The summed E-state index contributed by atoms with van der Waals surface area (Å²) in [5, 5.41) is 2.87.